The standard InChI is InChI=1S/C11H16N4S/c1-6(15(3)4)9-8(12)5-13-11-10(9)14-7(2)16-11/h5-6H,12H2,1-4H3. The largest absolute Gasteiger partial charge is 0.397 e. The first kappa shape index (κ1) is 11.3. The quantitative estimate of drug-likeness (QED) is 0.868. The van der Waals surface area contributed by atoms with E-state index in [0.717, 1.165) is 26.6 Å². The van der Waals surface area contributed by atoms with E-state index in [1.165, 1.54) is 0 Å². The predicted molar refractivity (Wildman–Crippen MR) is 68.7 cm³/mol. The van der Waals surface area contributed by atoms with Crippen LogP contribution in [0.2, 0.25) is 0 Å². The van der Waals surface area contributed by atoms with Crippen LogP contribution in [0.15, 0.2) is 6.20 Å². The molecule has 5 heteroatoms. The lowest BCUT2D eigenvalue weighted by Gasteiger charge is -2.21. The Morgan fingerprint density at radius 1 is 1.44 bits per heavy atom. The molecule has 2 heterocycles. The van der Waals surface area contributed by atoms with Gasteiger partial charge in [0.2, 0.25) is 0 Å². The van der Waals surface area contributed by atoms with Crippen LogP contribution < -0.4 is 5.73 Å². The molecule has 86 valence electrons. The lowest BCUT2D eigenvalue weighted by molar-refractivity contribution is 0.323. The van der Waals surface area contributed by atoms with Crippen molar-refractivity contribution in [3.05, 3.63) is 16.8 Å². The Kier molecular flexibility index (Phi) is 2.82. The maximum Gasteiger partial charge on any atom is 0.143 e. The molecule has 2 N–H and O–H groups in total. The summed E-state index contributed by atoms with van der Waals surface area (Å²) in [5, 5.41) is 1.03. The fourth-order valence-corrected chi connectivity index (χ4v) is 2.49. The van der Waals surface area contributed by atoms with Crippen LogP contribution in [0, 0.1) is 6.92 Å². The van der Waals surface area contributed by atoms with Gasteiger partial charge in [0.25, 0.3) is 0 Å². The van der Waals surface area contributed by atoms with Gasteiger partial charge in [0, 0.05) is 11.6 Å². The molecular formula is C11H16N4S. The molecule has 0 saturated carbocycles. The number of aromatic nitrogens is 2. The molecule has 0 aliphatic rings. The molecule has 0 spiro atoms. The smallest absolute Gasteiger partial charge is 0.143 e. The van der Waals surface area contributed by atoms with Crippen LogP contribution in [-0.4, -0.2) is 29.0 Å². The molecule has 0 aliphatic heterocycles. The van der Waals surface area contributed by atoms with E-state index in [9.17, 15) is 0 Å². The maximum atomic E-state index is 6.01. The molecule has 2 rings (SSSR count). The summed E-state index contributed by atoms with van der Waals surface area (Å²) in [6.07, 6.45) is 1.73. The molecular weight excluding hydrogens is 220 g/mol. The number of nitrogens with two attached hydrogens (primary N) is 1. The number of rotatable bonds is 2. The van der Waals surface area contributed by atoms with Crippen LogP contribution in [0.25, 0.3) is 10.3 Å². The zero-order valence-corrected chi connectivity index (χ0v) is 10.8. The molecule has 1 unspecified atom stereocenters. The van der Waals surface area contributed by atoms with E-state index in [2.05, 4.69) is 21.8 Å². The van der Waals surface area contributed by atoms with Crippen LogP contribution in [0.1, 0.15) is 23.5 Å². The molecule has 2 aromatic rings. The van der Waals surface area contributed by atoms with Crippen molar-refractivity contribution in [1.29, 1.82) is 0 Å². The summed E-state index contributed by atoms with van der Waals surface area (Å²) in [6, 6.07) is 0.243. The highest BCUT2D eigenvalue weighted by Gasteiger charge is 2.18. The molecule has 0 amide bonds. The minimum absolute atomic E-state index is 0.243. The van der Waals surface area contributed by atoms with E-state index in [-0.39, 0.29) is 6.04 Å². The molecule has 0 radical (unpaired) electrons. The van der Waals surface area contributed by atoms with Crippen molar-refractivity contribution in [2.24, 2.45) is 0 Å². The monoisotopic (exact) mass is 236 g/mol. The molecule has 0 aromatic carbocycles. The molecule has 2 aromatic heterocycles. The minimum atomic E-state index is 0.243. The molecule has 0 aliphatic carbocycles. The molecule has 4 nitrogen and oxygen atoms in total. The highest BCUT2D eigenvalue weighted by molar-refractivity contribution is 7.18. The van der Waals surface area contributed by atoms with E-state index in [1.807, 2.05) is 21.0 Å². The van der Waals surface area contributed by atoms with Gasteiger partial charge in [0.05, 0.1) is 16.9 Å². The third kappa shape index (κ3) is 1.76. The van der Waals surface area contributed by atoms with Crippen molar-refractivity contribution in [2.75, 3.05) is 19.8 Å². The Morgan fingerprint density at radius 2 is 2.12 bits per heavy atom. The van der Waals surface area contributed by atoms with Crippen molar-refractivity contribution >= 4 is 27.4 Å². The highest BCUT2D eigenvalue weighted by Crippen LogP contribution is 2.32. The number of nitrogen functional groups attached to an aromatic ring is 1. The number of thiazole rings is 1. The van der Waals surface area contributed by atoms with E-state index in [4.69, 9.17) is 5.73 Å². The second kappa shape index (κ2) is 3.99. The summed E-state index contributed by atoms with van der Waals surface area (Å²) in [7, 11) is 4.07. The van der Waals surface area contributed by atoms with Crippen molar-refractivity contribution in [3.63, 3.8) is 0 Å². The van der Waals surface area contributed by atoms with Gasteiger partial charge in [-0.05, 0) is 27.9 Å². The Hall–Kier alpha value is -1.20. The first-order chi connectivity index (χ1) is 7.50. The van der Waals surface area contributed by atoms with Crippen LogP contribution in [0.5, 0.6) is 0 Å². The van der Waals surface area contributed by atoms with E-state index in [1.54, 1.807) is 17.5 Å². The average molecular weight is 236 g/mol. The molecule has 0 fully saturated rings. The van der Waals surface area contributed by atoms with Gasteiger partial charge in [0.1, 0.15) is 10.3 Å². The fourth-order valence-electron chi connectivity index (χ4n) is 1.71. The summed E-state index contributed by atoms with van der Waals surface area (Å²) in [6.45, 7) is 4.12. The first-order valence-corrected chi connectivity index (χ1v) is 6.00. The van der Waals surface area contributed by atoms with Crippen LogP contribution >= 0.6 is 11.3 Å². The number of nitrogens with zero attached hydrogens (tertiary/aromatic N) is 3. The number of anilines is 1. The van der Waals surface area contributed by atoms with Gasteiger partial charge in [-0.25, -0.2) is 9.97 Å². The molecule has 0 saturated heterocycles. The third-order valence-electron chi connectivity index (χ3n) is 2.80. The van der Waals surface area contributed by atoms with Crippen LogP contribution in [0.4, 0.5) is 5.69 Å². The topological polar surface area (TPSA) is 55.0 Å². The minimum Gasteiger partial charge on any atom is -0.397 e. The normalized spacial score (nSPS) is 13.6. The Labute approximate surface area is 99.1 Å². The average Bonchev–Trinajstić information content (AvgIpc) is 2.57. The Morgan fingerprint density at radius 3 is 2.75 bits per heavy atom. The van der Waals surface area contributed by atoms with Crippen molar-refractivity contribution < 1.29 is 0 Å². The number of aryl methyl sites for hydroxylation is 1. The summed E-state index contributed by atoms with van der Waals surface area (Å²) in [5.74, 6) is 0. The van der Waals surface area contributed by atoms with Crippen molar-refractivity contribution in [2.45, 2.75) is 19.9 Å². The summed E-state index contributed by atoms with van der Waals surface area (Å²) >= 11 is 1.61. The zero-order valence-electron chi connectivity index (χ0n) is 9.98. The van der Waals surface area contributed by atoms with Gasteiger partial charge >= 0.3 is 0 Å². The third-order valence-corrected chi connectivity index (χ3v) is 3.67. The maximum absolute atomic E-state index is 6.01. The van der Waals surface area contributed by atoms with Gasteiger partial charge < -0.3 is 10.6 Å². The Balaban J connectivity index is 2.69. The number of hydrogen-bond acceptors (Lipinski definition) is 5. The highest BCUT2D eigenvalue weighted by atomic mass is 32.1. The molecule has 0 bridgehead atoms. The van der Waals surface area contributed by atoms with Gasteiger partial charge in [-0.15, -0.1) is 0 Å². The lowest BCUT2D eigenvalue weighted by Crippen LogP contribution is -2.18. The second-order valence-electron chi connectivity index (χ2n) is 4.15. The molecule has 16 heavy (non-hydrogen) atoms. The summed E-state index contributed by atoms with van der Waals surface area (Å²) in [5.41, 5.74) is 8.76. The predicted octanol–water partition coefficient (Wildman–Crippen LogP) is 2.20. The number of pyridine rings is 1. The van der Waals surface area contributed by atoms with Crippen LogP contribution in [0.3, 0.4) is 0 Å². The SMILES string of the molecule is Cc1nc2c(C(C)N(C)C)c(N)cnc2s1. The zero-order chi connectivity index (χ0) is 11.9. The van der Waals surface area contributed by atoms with Gasteiger partial charge in [0.15, 0.2) is 0 Å². The lowest BCUT2D eigenvalue weighted by atomic mass is 10.1. The summed E-state index contributed by atoms with van der Waals surface area (Å²) in [4.78, 5) is 11.9. The number of fused-ring (bicyclic) bond motifs is 1. The second-order valence-corrected chi connectivity index (χ2v) is 5.34. The van der Waals surface area contributed by atoms with Gasteiger partial charge in [-0.2, -0.15) is 0 Å². The first-order valence-electron chi connectivity index (χ1n) is 5.18. The van der Waals surface area contributed by atoms with Gasteiger partial charge in [-0.1, -0.05) is 11.3 Å². The van der Waals surface area contributed by atoms with Crippen molar-refractivity contribution in [3.8, 4) is 0 Å². The van der Waals surface area contributed by atoms with E-state index < -0.39 is 0 Å². The fraction of sp³-hybridized carbons (Fsp3) is 0.455. The van der Waals surface area contributed by atoms with Crippen molar-refractivity contribution in [1.82, 2.24) is 14.9 Å². The Bertz CT molecular complexity index is 518. The number of hydrogen-bond donors (Lipinski definition) is 1. The van der Waals surface area contributed by atoms with Crippen LogP contribution in [-0.2, 0) is 0 Å². The summed E-state index contributed by atoms with van der Waals surface area (Å²) < 4.78 is 0. The van der Waals surface area contributed by atoms with Gasteiger partial charge in [-0.3, -0.25) is 0 Å². The van der Waals surface area contributed by atoms with E-state index in [0.29, 0.717) is 0 Å². The molecule has 1 atom stereocenters. The van der Waals surface area contributed by atoms with E-state index >= 15 is 0 Å².